The molecule has 3 nitrogen and oxygen atoms in total. The number of esters is 1. The fourth-order valence-corrected chi connectivity index (χ4v) is 1.97. The Balaban J connectivity index is 2.83. The lowest BCUT2D eigenvalue weighted by Crippen LogP contribution is -2.18. The number of nitrogens with two attached hydrogens (primary N) is 1. The van der Waals surface area contributed by atoms with E-state index in [9.17, 15) is 4.79 Å². The molecule has 1 aromatic rings. The predicted molar refractivity (Wildman–Crippen MR) is 53.0 cm³/mol. The van der Waals surface area contributed by atoms with Gasteiger partial charge in [-0.1, -0.05) is 0 Å². The van der Waals surface area contributed by atoms with Crippen LogP contribution in [0.4, 0.5) is 0 Å². The van der Waals surface area contributed by atoms with Crippen molar-refractivity contribution < 1.29 is 9.53 Å². The molecule has 72 valence electrons. The van der Waals surface area contributed by atoms with Crippen LogP contribution in [0.3, 0.4) is 0 Å². The molecular weight excluding hydrogens is 186 g/mol. The van der Waals surface area contributed by atoms with Crippen molar-refractivity contribution in [1.82, 2.24) is 0 Å². The third kappa shape index (κ3) is 2.54. The molecule has 1 heterocycles. The number of carbonyl (C=O) groups excluding carboxylic acids is 1. The fourth-order valence-electron chi connectivity index (χ4n) is 1.12. The number of hydrogen-bond acceptors (Lipinski definition) is 4. The molecule has 1 aromatic heterocycles. The van der Waals surface area contributed by atoms with Crippen molar-refractivity contribution in [1.29, 1.82) is 0 Å². The van der Waals surface area contributed by atoms with Crippen LogP contribution in [0.2, 0.25) is 0 Å². The summed E-state index contributed by atoms with van der Waals surface area (Å²) in [5.41, 5.74) is 6.63. The van der Waals surface area contributed by atoms with E-state index < -0.39 is 0 Å². The minimum atomic E-state index is -0.273. The van der Waals surface area contributed by atoms with Gasteiger partial charge < -0.3 is 10.5 Å². The second-order valence-corrected chi connectivity index (χ2v) is 3.86. The van der Waals surface area contributed by atoms with Crippen LogP contribution in [-0.2, 0) is 11.2 Å². The highest BCUT2D eigenvalue weighted by Gasteiger charge is 2.13. The SMILES string of the molecule is COC(=O)c1sccc1C[C@H](C)N. The highest BCUT2D eigenvalue weighted by molar-refractivity contribution is 7.12. The minimum absolute atomic E-state index is 0.0676. The van der Waals surface area contributed by atoms with Gasteiger partial charge in [-0.05, 0) is 30.4 Å². The number of carbonyl (C=O) groups is 1. The topological polar surface area (TPSA) is 52.3 Å². The number of rotatable bonds is 3. The lowest BCUT2D eigenvalue weighted by molar-refractivity contribution is 0.0605. The first-order valence-corrected chi connectivity index (χ1v) is 4.93. The van der Waals surface area contributed by atoms with Gasteiger partial charge in [0.15, 0.2) is 0 Å². The molecular formula is C9H13NO2S. The summed E-state index contributed by atoms with van der Waals surface area (Å²) in [6.07, 6.45) is 0.716. The van der Waals surface area contributed by atoms with Crippen molar-refractivity contribution >= 4 is 17.3 Å². The van der Waals surface area contributed by atoms with Crippen LogP contribution in [0.1, 0.15) is 22.2 Å². The Labute approximate surface area is 81.5 Å². The third-order valence-corrected chi connectivity index (χ3v) is 2.60. The molecule has 0 aliphatic heterocycles. The van der Waals surface area contributed by atoms with E-state index >= 15 is 0 Å². The highest BCUT2D eigenvalue weighted by atomic mass is 32.1. The van der Waals surface area contributed by atoms with Crippen molar-refractivity contribution in [3.63, 3.8) is 0 Å². The first-order chi connectivity index (χ1) is 6.15. The zero-order chi connectivity index (χ0) is 9.84. The molecule has 1 rings (SSSR count). The van der Waals surface area contributed by atoms with Gasteiger partial charge in [0.05, 0.1) is 7.11 Å². The molecule has 0 saturated carbocycles. The second kappa shape index (κ2) is 4.39. The Bertz CT molecular complexity index is 294. The largest absolute Gasteiger partial charge is 0.465 e. The normalized spacial score (nSPS) is 12.5. The van der Waals surface area contributed by atoms with Crippen molar-refractivity contribution in [3.05, 3.63) is 21.9 Å². The van der Waals surface area contributed by atoms with Gasteiger partial charge in [-0.15, -0.1) is 11.3 Å². The zero-order valence-corrected chi connectivity index (χ0v) is 8.56. The average molecular weight is 199 g/mol. The molecule has 0 amide bonds. The van der Waals surface area contributed by atoms with Crippen LogP contribution in [-0.4, -0.2) is 19.1 Å². The number of methoxy groups -OCH3 is 1. The van der Waals surface area contributed by atoms with Crippen LogP contribution in [0, 0.1) is 0 Å². The summed E-state index contributed by atoms with van der Waals surface area (Å²) >= 11 is 1.39. The molecule has 0 unspecified atom stereocenters. The first-order valence-electron chi connectivity index (χ1n) is 4.05. The van der Waals surface area contributed by atoms with Gasteiger partial charge in [-0.3, -0.25) is 0 Å². The van der Waals surface area contributed by atoms with Crippen LogP contribution < -0.4 is 5.73 Å². The minimum Gasteiger partial charge on any atom is -0.465 e. The number of hydrogen-bond donors (Lipinski definition) is 1. The van der Waals surface area contributed by atoms with E-state index in [0.29, 0.717) is 11.3 Å². The van der Waals surface area contributed by atoms with Crippen LogP contribution >= 0.6 is 11.3 Å². The molecule has 0 spiro atoms. The molecule has 0 saturated heterocycles. The Hall–Kier alpha value is -0.870. The molecule has 0 fully saturated rings. The molecule has 0 aliphatic carbocycles. The van der Waals surface area contributed by atoms with Gasteiger partial charge in [0.25, 0.3) is 0 Å². The van der Waals surface area contributed by atoms with Crippen molar-refractivity contribution in [2.75, 3.05) is 7.11 Å². The Kier molecular flexibility index (Phi) is 3.45. The Morgan fingerprint density at radius 1 is 1.77 bits per heavy atom. The molecule has 4 heteroatoms. The van der Waals surface area contributed by atoms with Gasteiger partial charge >= 0.3 is 5.97 Å². The van der Waals surface area contributed by atoms with Gasteiger partial charge in [-0.2, -0.15) is 0 Å². The molecule has 0 aromatic carbocycles. The highest BCUT2D eigenvalue weighted by Crippen LogP contribution is 2.18. The smallest absolute Gasteiger partial charge is 0.348 e. The van der Waals surface area contributed by atoms with Gasteiger partial charge in [-0.25, -0.2) is 4.79 Å². The molecule has 0 radical (unpaired) electrons. The van der Waals surface area contributed by atoms with Gasteiger partial charge in [0, 0.05) is 6.04 Å². The monoisotopic (exact) mass is 199 g/mol. The predicted octanol–water partition coefficient (Wildman–Crippen LogP) is 1.42. The van der Waals surface area contributed by atoms with E-state index in [1.807, 2.05) is 18.4 Å². The maximum absolute atomic E-state index is 11.2. The van der Waals surface area contributed by atoms with E-state index in [-0.39, 0.29) is 12.0 Å². The molecule has 2 N–H and O–H groups in total. The standard InChI is InChI=1S/C9H13NO2S/c1-6(10)5-7-3-4-13-8(7)9(11)12-2/h3-4,6H,5,10H2,1-2H3/t6-/m0/s1. The van der Waals surface area contributed by atoms with Gasteiger partial charge in [0.1, 0.15) is 4.88 Å². The lowest BCUT2D eigenvalue weighted by atomic mass is 10.1. The van der Waals surface area contributed by atoms with Crippen LogP contribution in [0.15, 0.2) is 11.4 Å². The summed E-state index contributed by atoms with van der Waals surface area (Å²) in [6.45, 7) is 1.92. The summed E-state index contributed by atoms with van der Waals surface area (Å²) in [5.74, 6) is -0.273. The van der Waals surface area contributed by atoms with Crippen LogP contribution in [0.25, 0.3) is 0 Å². The van der Waals surface area contributed by atoms with E-state index in [0.717, 1.165) is 5.56 Å². The Morgan fingerprint density at radius 3 is 3.00 bits per heavy atom. The summed E-state index contributed by atoms with van der Waals surface area (Å²) in [7, 11) is 1.39. The summed E-state index contributed by atoms with van der Waals surface area (Å²) in [4.78, 5) is 11.9. The van der Waals surface area contributed by atoms with Crippen molar-refractivity contribution in [3.8, 4) is 0 Å². The fraction of sp³-hybridized carbons (Fsp3) is 0.444. The second-order valence-electron chi connectivity index (χ2n) is 2.95. The third-order valence-electron chi connectivity index (χ3n) is 1.66. The van der Waals surface area contributed by atoms with E-state index in [1.165, 1.54) is 18.4 Å². The quantitative estimate of drug-likeness (QED) is 0.749. The molecule has 1 atom stereocenters. The van der Waals surface area contributed by atoms with E-state index in [4.69, 9.17) is 5.73 Å². The van der Waals surface area contributed by atoms with Crippen molar-refractivity contribution in [2.45, 2.75) is 19.4 Å². The summed E-state index contributed by atoms with van der Waals surface area (Å²) in [5, 5.41) is 1.88. The average Bonchev–Trinajstić information content (AvgIpc) is 2.50. The molecule has 0 aliphatic rings. The lowest BCUT2D eigenvalue weighted by Gasteiger charge is -2.04. The maximum atomic E-state index is 11.2. The summed E-state index contributed by atoms with van der Waals surface area (Å²) in [6, 6.07) is 1.98. The Morgan fingerprint density at radius 2 is 2.46 bits per heavy atom. The maximum Gasteiger partial charge on any atom is 0.348 e. The van der Waals surface area contributed by atoms with Crippen molar-refractivity contribution in [2.24, 2.45) is 5.73 Å². The van der Waals surface area contributed by atoms with E-state index in [1.54, 1.807) is 0 Å². The van der Waals surface area contributed by atoms with E-state index in [2.05, 4.69) is 4.74 Å². The zero-order valence-electron chi connectivity index (χ0n) is 7.74. The van der Waals surface area contributed by atoms with Gasteiger partial charge in [0.2, 0.25) is 0 Å². The summed E-state index contributed by atoms with van der Waals surface area (Å²) < 4.78 is 4.65. The first kappa shape index (κ1) is 10.2. The number of ether oxygens (including phenoxy) is 1. The van der Waals surface area contributed by atoms with Crippen LogP contribution in [0.5, 0.6) is 0 Å². The number of thiophene rings is 1. The molecule has 0 bridgehead atoms. The molecule has 13 heavy (non-hydrogen) atoms.